The molecule has 5 rings (SSSR count). The van der Waals surface area contributed by atoms with Gasteiger partial charge in [-0.15, -0.1) is 0 Å². The Hall–Kier alpha value is -4.72. The van der Waals surface area contributed by atoms with E-state index in [1.165, 1.54) is 0 Å². The predicted molar refractivity (Wildman–Crippen MR) is 140 cm³/mol. The maximum Gasteiger partial charge on any atom is 0.251 e. The van der Waals surface area contributed by atoms with E-state index >= 15 is 0 Å². The predicted octanol–water partition coefficient (Wildman–Crippen LogP) is 5.11. The number of methoxy groups -OCH3 is 1. The number of amides is 1. The average molecular weight is 479 g/mol. The van der Waals surface area contributed by atoms with Crippen molar-refractivity contribution in [1.29, 1.82) is 0 Å². The van der Waals surface area contributed by atoms with Crippen LogP contribution in [0.25, 0.3) is 16.9 Å². The Morgan fingerprint density at radius 2 is 1.67 bits per heavy atom. The van der Waals surface area contributed by atoms with Gasteiger partial charge >= 0.3 is 0 Å². The highest BCUT2D eigenvalue weighted by Crippen LogP contribution is 2.25. The second-order valence-corrected chi connectivity index (χ2v) is 8.46. The van der Waals surface area contributed by atoms with Crippen LogP contribution in [-0.2, 0) is 6.54 Å². The molecule has 8 heteroatoms. The summed E-state index contributed by atoms with van der Waals surface area (Å²) in [6, 6.07) is 24.6. The fraction of sp³-hybridized carbons (Fsp3) is 0.143. The largest absolute Gasteiger partial charge is 0.497 e. The second kappa shape index (κ2) is 9.87. The standard InChI is InChI=1S/C28H26N6O2/c1-18-15-19(2)34(33-18)27-26(31-24-9-4-5-10-25(24)32-27)30-22-13-11-21(12-14-22)28(35)29-17-20-7-6-8-23(16-20)36-3/h4-16H,17H2,1-3H3,(H,29,35)(H,30,31). The summed E-state index contributed by atoms with van der Waals surface area (Å²) in [6.07, 6.45) is 0. The third-order valence-electron chi connectivity index (χ3n) is 5.76. The first-order chi connectivity index (χ1) is 17.5. The van der Waals surface area contributed by atoms with E-state index in [4.69, 9.17) is 14.7 Å². The van der Waals surface area contributed by atoms with Crippen molar-refractivity contribution in [2.45, 2.75) is 20.4 Å². The van der Waals surface area contributed by atoms with Crippen LogP contribution in [0.15, 0.2) is 78.9 Å². The van der Waals surface area contributed by atoms with E-state index in [1.54, 1.807) is 23.9 Å². The van der Waals surface area contributed by atoms with Gasteiger partial charge in [-0.25, -0.2) is 14.6 Å². The molecule has 5 aromatic rings. The van der Waals surface area contributed by atoms with Crippen molar-refractivity contribution in [3.05, 3.63) is 101 Å². The lowest BCUT2D eigenvalue weighted by atomic mass is 10.1. The number of nitrogens with zero attached hydrogens (tertiary/aromatic N) is 4. The van der Waals surface area contributed by atoms with Gasteiger partial charge in [0.05, 0.1) is 23.8 Å². The lowest BCUT2D eigenvalue weighted by Crippen LogP contribution is -2.22. The zero-order chi connectivity index (χ0) is 25.1. The van der Waals surface area contributed by atoms with Crippen LogP contribution in [-0.4, -0.2) is 32.8 Å². The Morgan fingerprint density at radius 1 is 0.917 bits per heavy atom. The molecule has 0 aliphatic carbocycles. The minimum absolute atomic E-state index is 0.154. The van der Waals surface area contributed by atoms with Gasteiger partial charge in [0, 0.05) is 23.5 Å². The molecule has 0 saturated heterocycles. The molecule has 0 radical (unpaired) electrons. The second-order valence-electron chi connectivity index (χ2n) is 8.46. The van der Waals surface area contributed by atoms with Gasteiger partial charge in [0.15, 0.2) is 11.6 Å². The van der Waals surface area contributed by atoms with Gasteiger partial charge in [-0.05, 0) is 74.0 Å². The topological polar surface area (TPSA) is 94.0 Å². The molecule has 0 saturated carbocycles. The molecule has 2 heterocycles. The van der Waals surface area contributed by atoms with Crippen molar-refractivity contribution >= 4 is 28.4 Å². The molecule has 0 aliphatic rings. The number of carbonyl (C=O) groups is 1. The van der Waals surface area contributed by atoms with E-state index in [9.17, 15) is 4.79 Å². The molecular formula is C28H26N6O2. The smallest absolute Gasteiger partial charge is 0.251 e. The molecule has 0 atom stereocenters. The number of ether oxygens (including phenoxy) is 1. The monoisotopic (exact) mass is 478 g/mol. The molecule has 2 N–H and O–H groups in total. The number of hydrogen-bond acceptors (Lipinski definition) is 6. The number of hydrogen-bond donors (Lipinski definition) is 2. The van der Waals surface area contributed by atoms with E-state index in [-0.39, 0.29) is 5.91 Å². The zero-order valence-electron chi connectivity index (χ0n) is 20.3. The third-order valence-corrected chi connectivity index (χ3v) is 5.76. The number of carbonyl (C=O) groups excluding carboxylic acids is 1. The summed E-state index contributed by atoms with van der Waals surface area (Å²) in [5.41, 5.74) is 5.74. The molecule has 180 valence electrons. The minimum Gasteiger partial charge on any atom is -0.497 e. The molecule has 1 amide bonds. The van der Waals surface area contributed by atoms with E-state index < -0.39 is 0 Å². The summed E-state index contributed by atoms with van der Waals surface area (Å²) in [6.45, 7) is 4.34. The summed E-state index contributed by atoms with van der Waals surface area (Å²) in [5, 5.41) is 10.9. The number of aryl methyl sites for hydroxylation is 2. The van der Waals surface area contributed by atoms with Crippen molar-refractivity contribution in [3.63, 3.8) is 0 Å². The normalized spacial score (nSPS) is 10.9. The molecule has 0 spiro atoms. The molecular weight excluding hydrogens is 452 g/mol. The maximum absolute atomic E-state index is 12.7. The molecule has 36 heavy (non-hydrogen) atoms. The lowest BCUT2D eigenvalue weighted by molar-refractivity contribution is 0.0951. The Labute approximate surface area is 209 Å². The minimum atomic E-state index is -0.154. The summed E-state index contributed by atoms with van der Waals surface area (Å²) in [7, 11) is 1.62. The first-order valence-electron chi connectivity index (χ1n) is 11.6. The van der Waals surface area contributed by atoms with Crippen molar-refractivity contribution in [3.8, 4) is 11.6 Å². The van der Waals surface area contributed by atoms with Crippen molar-refractivity contribution in [2.75, 3.05) is 12.4 Å². The highest BCUT2D eigenvalue weighted by molar-refractivity contribution is 5.94. The molecule has 0 bridgehead atoms. The SMILES string of the molecule is COc1cccc(CNC(=O)c2ccc(Nc3nc4ccccc4nc3-n3nc(C)cc3C)cc2)c1. The van der Waals surface area contributed by atoms with Gasteiger partial charge in [-0.3, -0.25) is 4.79 Å². The Kier molecular flexibility index (Phi) is 6.32. The van der Waals surface area contributed by atoms with E-state index in [0.29, 0.717) is 23.7 Å². The summed E-state index contributed by atoms with van der Waals surface area (Å²) in [4.78, 5) is 22.3. The number of para-hydroxylation sites is 2. The van der Waals surface area contributed by atoms with Crippen LogP contribution in [0.5, 0.6) is 5.75 Å². The molecule has 3 aromatic carbocycles. The molecule has 0 unspecified atom stereocenters. The van der Waals surface area contributed by atoms with Gasteiger partial charge in [0.1, 0.15) is 5.75 Å². The number of fused-ring (bicyclic) bond motifs is 1. The first-order valence-corrected chi connectivity index (χ1v) is 11.6. The Balaban J connectivity index is 1.36. The maximum atomic E-state index is 12.7. The highest BCUT2D eigenvalue weighted by Gasteiger charge is 2.15. The van der Waals surface area contributed by atoms with Crippen LogP contribution in [0.3, 0.4) is 0 Å². The summed E-state index contributed by atoms with van der Waals surface area (Å²) < 4.78 is 7.03. The third kappa shape index (κ3) is 4.88. The van der Waals surface area contributed by atoms with Crippen molar-refractivity contribution < 1.29 is 9.53 Å². The van der Waals surface area contributed by atoms with Gasteiger partial charge in [-0.2, -0.15) is 5.10 Å². The number of rotatable bonds is 7. The number of nitrogens with one attached hydrogen (secondary N) is 2. The zero-order valence-corrected chi connectivity index (χ0v) is 20.3. The van der Waals surface area contributed by atoms with Crippen molar-refractivity contribution in [2.24, 2.45) is 0 Å². The summed E-state index contributed by atoms with van der Waals surface area (Å²) >= 11 is 0. The molecule has 0 fully saturated rings. The van der Waals surface area contributed by atoms with Gasteiger partial charge in [0.25, 0.3) is 5.91 Å². The lowest BCUT2D eigenvalue weighted by Gasteiger charge is -2.13. The van der Waals surface area contributed by atoms with Crippen LogP contribution in [0, 0.1) is 13.8 Å². The average Bonchev–Trinajstić information content (AvgIpc) is 3.24. The van der Waals surface area contributed by atoms with E-state index in [1.807, 2.05) is 80.6 Å². The van der Waals surface area contributed by atoms with Crippen LogP contribution >= 0.6 is 0 Å². The highest BCUT2D eigenvalue weighted by atomic mass is 16.5. The number of benzene rings is 3. The quantitative estimate of drug-likeness (QED) is 0.337. The molecule has 8 nitrogen and oxygen atoms in total. The summed E-state index contributed by atoms with van der Waals surface area (Å²) in [5.74, 6) is 1.79. The fourth-order valence-electron chi connectivity index (χ4n) is 3.97. The van der Waals surface area contributed by atoms with Gasteiger partial charge in [0.2, 0.25) is 0 Å². The molecule has 0 aliphatic heterocycles. The van der Waals surface area contributed by atoms with Crippen molar-refractivity contribution in [1.82, 2.24) is 25.1 Å². The van der Waals surface area contributed by atoms with Crippen LogP contribution in [0.2, 0.25) is 0 Å². The first kappa shape index (κ1) is 23.0. The van der Waals surface area contributed by atoms with Gasteiger partial charge in [-0.1, -0.05) is 24.3 Å². The van der Waals surface area contributed by atoms with Crippen LogP contribution < -0.4 is 15.4 Å². The van der Waals surface area contributed by atoms with Gasteiger partial charge < -0.3 is 15.4 Å². The van der Waals surface area contributed by atoms with E-state index in [2.05, 4.69) is 15.7 Å². The number of anilines is 2. The Bertz CT molecular complexity index is 1540. The number of aromatic nitrogens is 4. The Morgan fingerprint density at radius 3 is 2.36 bits per heavy atom. The van der Waals surface area contributed by atoms with E-state index in [0.717, 1.165) is 39.4 Å². The van der Waals surface area contributed by atoms with Crippen LogP contribution in [0.1, 0.15) is 27.3 Å². The fourth-order valence-corrected chi connectivity index (χ4v) is 3.97. The van der Waals surface area contributed by atoms with Crippen LogP contribution in [0.4, 0.5) is 11.5 Å². The molecule has 2 aromatic heterocycles.